The Labute approximate surface area is 101 Å². The first kappa shape index (κ1) is 11.4. The van der Waals surface area contributed by atoms with Gasteiger partial charge in [-0.2, -0.15) is 0 Å². The molecule has 0 aromatic heterocycles. The quantitative estimate of drug-likeness (QED) is 0.722. The first-order valence-electron chi connectivity index (χ1n) is 5.71. The highest BCUT2D eigenvalue weighted by molar-refractivity contribution is 6.63. The van der Waals surface area contributed by atoms with Gasteiger partial charge >= 0.3 is 0 Å². The second-order valence-electron chi connectivity index (χ2n) is 4.21. The average molecular weight is 235 g/mol. The predicted molar refractivity (Wildman–Crippen MR) is 67.2 cm³/mol. The molecule has 0 heterocycles. The minimum Gasteiger partial charge on any atom is -0.281 e. The van der Waals surface area contributed by atoms with Crippen molar-refractivity contribution in [3.8, 4) is 0 Å². The Hall–Kier alpha value is -1.08. The highest BCUT2D eigenvalue weighted by atomic mass is 35.5. The Bertz CT molecular complexity index is 394. The Kier molecular flexibility index (Phi) is 3.79. The van der Waals surface area contributed by atoms with Crippen molar-refractivity contribution in [1.29, 1.82) is 0 Å². The van der Waals surface area contributed by atoms with E-state index >= 15 is 0 Å². The highest BCUT2D eigenvalue weighted by Crippen LogP contribution is 2.34. The SMILES string of the molecule is O=C(Cl)CC1CCCC=C1c1ccccc1. The third-order valence-corrected chi connectivity index (χ3v) is 3.23. The fraction of sp³-hybridized carbons (Fsp3) is 0.357. The molecule has 16 heavy (non-hydrogen) atoms. The zero-order valence-electron chi connectivity index (χ0n) is 9.16. The third kappa shape index (κ3) is 2.73. The molecule has 0 aliphatic heterocycles. The summed E-state index contributed by atoms with van der Waals surface area (Å²) in [7, 11) is 0. The summed E-state index contributed by atoms with van der Waals surface area (Å²) in [6.45, 7) is 0. The van der Waals surface area contributed by atoms with Crippen molar-refractivity contribution >= 4 is 22.4 Å². The van der Waals surface area contributed by atoms with Crippen molar-refractivity contribution in [3.05, 3.63) is 42.0 Å². The highest BCUT2D eigenvalue weighted by Gasteiger charge is 2.20. The van der Waals surface area contributed by atoms with E-state index in [0.717, 1.165) is 19.3 Å². The van der Waals surface area contributed by atoms with E-state index in [1.807, 2.05) is 18.2 Å². The van der Waals surface area contributed by atoms with Gasteiger partial charge < -0.3 is 0 Å². The standard InChI is InChI=1S/C14H15ClO/c15-14(16)10-12-8-4-5-9-13(12)11-6-2-1-3-7-11/h1-3,6-7,9,12H,4-5,8,10H2. The molecule has 0 bridgehead atoms. The molecule has 2 rings (SSSR count). The number of hydrogen-bond acceptors (Lipinski definition) is 1. The summed E-state index contributed by atoms with van der Waals surface area (Å²) in [4.78, 5) is 11.0. The van der Waals surface area contributed by atoms with Crippen molar-refractivity contribution in [3.63, 3.8) is 0 Å². The van der Waals surface area contributed by atoms with Crippen LogP contribution >= 0.6 is 11.6 Å². The number of rotatable bonds is 3. The van der Waals surface area contributed by atoms with Crippen LogP contribution in [-0.4, -0.2) is 5.24 Å². The summed E-state index contributed by atoms with van der Waals surface area (Å²) in [6, 6.07) is 10.3. The van der Waals surface area contributed by atoms with Gasteiger partial charge in [0.15, 0.2) is 0 Å². The molecule has 0 saturated heterocycles. The van der Waals surface area contributed by atoms with Crippen molar-refractivity contribution < 1.29 is 4.79 Å². The van der Waals surface area contributed by atoms with Crippen LogP contribution in [0.2, 0.25) is 0 Å². The lowest BCUT2D eigenvalue weighted by atomic mass is 9.82. The number of halogens is 1. The first-order valence-corrected chi connectivity index (χ1v) is 6.09. The molecular formula is C14H15ClO. The molecule has 0 N–H and O–H groups in total. The molecule has 1 unspecified atom stereocenters. The number of carbonyl (C=O) groups is 1. The normalized spacial score (nSPS) is 20.3. The van der Waals surface area contributed by atoms with Crippen LogP contribution in [0.15, 0.2) is 36.4 Å². The maximum Gasteiger partial charge on any atom is 0.222 e. The van der Waals surface area contributed by atoms with E-state index in [2.05, 4.69) is 18.2 Å². The molecule has 0 spiro atoms. The third-order valence-electron chi connectivity index (χ3n) is 3.07. The fourth-order valence-corrected chi connectivity index (χ4v) is 2.52. The van der Waals surface area contributed by atoms with Crippen LogP contribution in [0.25, 0.3) is 5.57 Å². The Morgan fingerprint density at radius 2 is 2.06 bits per heavy atom. The lowest BCUT2D eigenvalue weighted by molar-refractivity contribution is -0.112. The molecule has 1 atom stereocenters. The smallest absolute Gasteiger partial charge is 0.222 e. The lowest BCUT2D eigenvalue weighted by Crippen LogP contribution is -2.10. The summed E-state index contributed by atoms with van der Waals surface area (Å²) in [5.41, 5.74) is 2.52. The molecule has 1 aliphatic carbocycles. The van der Waals surface area contributed by atoms with Gasteiger partial charge in [-0.15, -0.1) is 0 Å². The molecule has 0 saturated carbocycles. The minimum atomic E-state index is -0.228. The maximum atomic E-state index is 11.0. The largest absolute Gasteiger partial charge is 0.281 e. The van der Waals surface area contributed by atoms with Gasteiger partial charge in [0, 0.05) is 6.42 Å². The fourth-order valence-electron chi connectivity index (χ4n) is 2.33. The first-order chi connectivity index (χ1) is 7.77. The van der Waals surface area contributed by atoms with Gasteiger partial charge in [0.25, 0.3) is 0 Å². The second-order valence-corrected chi connectivity index (χ2v) is 4.63. The van der Waals surface area contributed by atoms with Gasteiger partial charge in [-0.1, -0.05) is 36.4 Å². The number of carbonyl (C=O) groups excluding carboxylic acids is 1. The predicted octanol–water partition coefficient (Wildman–Crippen LogP) is 4.03. The van der Waals surface area contributed by atoms with Crippen LogP contribution in [0.5, 0.6) is 0 Å². The van der Waals surface area contributed by atoms with Gasteiger partial charge in [-0.3, -0.25) is 4.79 Å². The lowest BCUT2D eigenvalue weighted by Gasteiger charge is -2.23. The monoisotopic (exact) mass is 234 g/mol. The zero-order chi connectivity index (χ0) is 11.4. The second kappa shape index (κ2) is 5.31. The number of benzene rings is 1. The minimum absolute atomic E-state index is 0.228. The van der Waals surface area contributed by atoms with Crippen LogP contribution in [-0.2, 0) is 4.79 Å². The molecular weight excluding hydrogens is 220 g/mol. The zero-order valence-corrected chi connectivity index (χ0v) is 9.91. The molecule has 0 radical (unpaired) electrons. The Balaban J connectivity index is 2.23. The van der Waals surface area contributed by atoms with Crippen LogP contribution in [0, 0.1) is 5.92 Å². The van der Waals surface area contributed by atoms with Crippen molar-refractivity contribution in [2.75, 3.05) is 0 Å². The van der Waals surface area contributed by atoms with Crippen LogP contribution in [0.1, 0.15) is 31.2 Å². The summed E-state index contributed by atoms with van der Waals surface area (Å²) in [5.74, 6) is 0.307. The Morgan fingerprint density at radius 1 is 1.31 bits per heavy atom. The summed E-state index contributed by atoms with van der Waals surface area (Å²) in [5, 5.41) is -0.228. The van der Waals surface area contributed by atoms with Crippen molar-refractivity contribution in [2.45, 2.75) is 25.7 Å². The van der Waals surface area contributed by atoms with Gasteiger partial charge in [0.05, 0.1) is 0 Å². The topological polar surface area (TPSA) is 17.1 Å². The summed E-state index contributed by atoms with van der Waals surface area (Å²) < 4.78 is 0. The van der Waals surface area contributed by atoms with Gasteiger partial charge in [-0.05, 0) is 47.9 Å². The van der Waals surface area contributed by atoms with Gasteiger partial charge in [0.2, 0.25) is 5.24 Å². The van der Waals surface area contributed by atoms with E-state index in [9.17, 15) is 4.79 Å². The van der Waals surface area contributed by atoms with Crippen LogP contribution in [0.3, 0.4) is 0 Å². The maximum absolute atomic E-state index is 11.0. The summed E-state index contributed by atoms with van der Waals surface area (Å²) >= 11 is 5.50. The number of hydrogen-bond donors (Lipinski definition) is 0. The van der Waals surface area contributed by atoms with Crippen molar-refractivity contribution in [2.24, 2.45) is 5.92 Å². The Morgan fingerprint density at radius 3 is 2.75 bits per heavy atom. The molecule has 0 amide bonds. The average Bonchev–Trinajstić information content (AvgIpc) is 2.30. The van der Waals surface area contributed by atoms with E-state index in [-0.39, 0.29) is 5.24 Å². The van der Waals surface area contributed by atoms with E-state index in [1.54, 1.807) is 0 Å². The molecule has 1 nitrogen and oxygen atoms in total. The van der Waals surface area contributed by atoms with Gasteiger partial charge in [0.1, 0.15) is 0 Å². The van der Waals surface area contributed by atoms with E-state index in [0.29, 0.717) is 12.3 Å². The number of allylic oxidation sites excluding steroid dienone is 2. The molecule has 84 valence electrons. The molecule has 1 aliphatic rings. The van der Waals surface area contributed by atoms with E-state index < -0.39 is 0 Å². The van der Waals surface area contributed by atoms with Crippen LogP contribution in [0.4, 0.5) is 0 Å². The molecule has 1 aromatic carbocycles. The molecule has 0 fully saturated rings. The van der Waals surface area contributed by atoms with Crippen LogP contribution < -0.4 is 0 Å². The van der Waals surface area contributed by atoms with Crippen molar-refractivity contribution in [1.82, 2.24) is 0 Å². The van der Waals surface area contributed by atoms with Gasteiger partial charge in [-0.25, -0.2) is 0 Å². The summed E-state index contributed by atoms with van der Waals surface area (Å²) in [6.07, 6.45) is 6.05. The molecule has 1 aromatic rings. The van der Waals surface area contributed by atoms with E-state index in [4.69, 9.17) is 11.6 Å². The molecule has 2 heteroatoms. The van der Waals surface area contributed by atoms with E-state index in [1.165, 1.54) is 11.1 Å².